The number of anilines is 2. The molecule has 0 saturated heterocycles. The fourth-order valence-electron chi connectivity index (χ4n) is 1.57. The Hall–Kier alpha value is -1.94. The largest absolute Gasteiger partial charge is 0.353 e. The van der Waals surface area contributed by atoms with Gasteiger partial charge in [0.25, 0.3) is 0 Å². The number of aldehydes is 1. The molecule has 3 nitrogen and oxygen atoms in total. The zero-order valence-corrected chi connectivity index (χ0v) is 11.8. The molecule has 0 aliphatic carbocycles. The minimum absolute atomic E-state index is 0.263. The van der Waals surface area contributed by atoms with E-state index in [0.717, 1.165) is 3.57 Å². The summed E-state index contributed by atoms with van der Waals surface area (Å²) < 4.78 is 14.5. The molecule has 0 saturated carbocycles. The summed E-state index contributed by atoms with van der Waals surface area (Å²) in [6.07, 6.45) is 0.661. The number of hydrogen-bond acceptors (Lipinski definition) is 3. The minimum Gasteiger partial charge on any atom is -0.353 e. The Labute approximate surface area is 123 Å². The van der Waals surface area contributed by atoms with Gasteiger partial charge in [-0.2, -0.15) is 5.26 Å². The molecule has 5 heteroatoms. The van der Waals surface area contributed by atoms with Crippen LogP contribution in [0.1, 0.15) is 15.9 Å². The van der Waals surface area contributed by atoms with Crippen LogP contribution in [0.3, 0.4) is 0 Å². The van der Waals surface area contributed by atoms with Crippen LogP contribution in [-0.4, -0.2) is 6.29 Å². The Morgan fingerprint density at radius 3 is 2.63 bits per heavy atom. The quantitative estimate of drug-likeness (QED) is 0.663. The monoisotopic (exact) mass is 366 g/mol. The van der Waals surface area contributed by atoms with Crippen molar-refractivity contribution in [3.8, 4) is 6.07 Å². The lowest BCUT2D eigenvalue weighted by atomic mass is 10.1. The van der Waals surface area contributed by atoms with Crippen LogP contribution in [-0.2, 0) is 0 Å². The van der Waals surface area contributed by atoms with E-state index >= 15 is 0 Å². The van der Waals surface area contributed by atoms with Crippen molar-refractivity contribution in [1.82, 2.24) is 0 Å². The summed E-state index contributed by atoms with van der Waals surface area (Å²) in [7, 11) is 0. The summed E-state index contributed by atoms with van der Waals surface area (Å²) in [6, 6.07) is 11.3. The van der Waals surface area contributed by atoms with Gasteiger partial charge in [-0.25, -0.2) is 4.39 Å². The third kappa shape index (κ3) is 3.09. The predicted octanol–water partition coefficient (Wildman–Crippen LogP) is 3.86. The normalized spacial score (nSPS) is 9.74. The lowest BCUT2D eigenvalue weighted by molar-refractivity contribution is 0.112. The fraction of sp³-hybridized carbons (Fsp3) is 0. The van der Waals surface area contributed by atoms with E-state index < -0.39 is 5.82 Å². The van der Waals surface area contributed by atoms with Crippen molar-refractivity contribution in [3.05, 3.63) is 56.9 Å². The Bertz CT molecular complexity index is 680. The average molecular weight is 366 g/mol. The lowest BCUT2D eigenvalue weighted by Gasteiger charge is -2.10. The molecule has 0 unspecified atom stereocenters. The van der Waals surface area contributed by atoms with Crippen molar-refractivity contribution in [1.29, 1.82) is 5.26 Å². The van der Waals surface area contributed by atoms with E-state index in [1.54, 1.807) is 18.2 Å². The van der Waals surface area contributed by atoms with Gasteiger partial charge in [0.1, 0.15) is 5.82 Å². The average Bonchev–Trinajstić information content (AvgIpc) is 2.41. The molecule has 2 rings (SSSR count). The maximum atomic E-state index is 13.7. The van der Waals surface area contributed by atoms with Crippen molar-refractivity contribution >= 4 is 40.3 Å². The number of benzene rings is 2. The highest BCUT2D eigenvalue weighted by atomic mass is 127. The van der Waals surface area contributed by atoms with Gasteiger partial charge in [-0.15, -0.1) is 0 Å². The molecule has 0 heterocycles. The molecule has 0 bridgehead atoms. The van der Waals surface area contributed by atoms with Gasteiger partial charge in [0, 0.05) is 9.13 Å². The number of rotatable bonds is 3. The third-order valence-electron chi connectivity index (χ3n) is 2.51. The molecule has 0 aliphatic rings. The second-order valence-electron chi connectivity index (χ2n) is 3.78. The van der Waals surface area contributed by atoms with Crippen molar-refractivity contribution in [2.24, 2.45) is 0 Å². The van der Waals surface area contributed by atoms with E-state index in [-0.39, 0.29) is 5.69 Å². The Morgan fingerprint density at radius 2 is 2.00 bits per heavy atom. The first kappa shape index (κ1) is 13.5. The zero-order valence-electron chi connectivity index (χ0n) is 9.65. The molecule has 0 radical (unpaired) electrons. The van der Waals surface area contributed by atoms with Crippen molar-refractivity contribution < 1.29 is 9.18 Å². The summed E-state index contributed by atoms with van der Waals surface area (Å²) in [5, 5.41) is 11.7. The Morgan fingerprint density at radius 1 is 1.21 bits per heavy atom. The van der Waals surface area contributed by atoms with Gasteiger partial charge in [-0.1, -0.05) is 0 Å². The van der Waals surface area contributed by atoms with Gasteiger partial charge in [0.15, 0.2) is 6.29 Å². The van der Waals surface area contributed by atoms with Gasteiger partial charge in [0.05, 0.1) is 23.0 Å². The molecule has 1 N–H and O–H groups in total. The van der Waals surface area contributed by atoms with Crippen LogP contribution in [0.15, 0.2) is 36.4 Å². The third-order valence-corrected chi connectivity index (χ3v) is 3.18. The van der Waals surface area contributed by atoms with E-state index in [2.05, 4.69) is 5.32 Å². The number of carbonyl (C=O) groups excluding carboxylic acids is 1. The highest BCUT2D eigenvalue weighted by molar-refractivity contribution is 14.1. The first-order valence-electron chi connectivity index (χ1n) is 5.35. The van der Waals surface area contributed by atoms with Crippen LogP contribution in [0.2, 0.25) is 0 Å². The van der Waals surface area contributed by atoms with Crippen LogP contribution in [0.4, 0.5) is 15.8 Å². The molecule has 0 amide bonds. The number of nitriles is 1. The molecule has 0 aromatic heterocycles. The number of nitrogens with zero attached hydrogens (tertiary/aromatic N) is 1. The van der Waals surface area contributed by atoms with Crippen LogP contribution in [0, 0.1) is 20.7 Å². The van der Waals surface area contributed by atoms with Crippen LogP contribution >= 0.6 is 22.6 Å². The molecule has 2 aromatic carbocycles. The first-order chi connectivity index (χ1) is 9.13. The van der Waals surface area contributed by atoms with Gasteiger partial charge < -0.3 is 5.32 Å². The number of hydrogen-bond donors (Lipinski definition) is 1. The second kappa shape index (κ2) is 5.80. The highest BCUT2D eigenvalue weighted by Crippen LogP contribution is 2.24. The predicted molar refractivity (Wildman–Crippen MR) is 78.9 cm³/mol. The molecular weight excluding hydrogens is 358 g/mol. The number of nitrogens with one attached hydrogen (secondary N) is 1. The maximum absolute atomic E-state index is 13.7. The van der Waals surface area contributed by atoms with Crippen LogP contribution < -0.4 is 5.32 Å². The molecule has 0 spiro atoms. The maximum Gasteiger partial charge on any atom is 0.152 e. The van der Waals surface area contributed by atoms with E-state index in [0.29, 0.717) is 23.1 Å². The summed E-state index contributed by atoms with van der Waals surface area (Å²) in [5.74, 6) is -0.411. The van der Waals surface area contributed by atoms with Crippen molar-refractivity contribution in [2.45, 2.75) is 0 Å². The van der Waals surface area contributed by atoms with E-state index in [4.69, 9.17) is 5.26 Å². The standard InChI is InChI=1S/C14H8FIN2O/c15-12-6-11(16)3-4-13(12)18-14-5-9(7-17)1-2-10(14)8-19/h1-6,8,18H. The van der Waals surface area contributed by atoms with E-state index in [1.165, 1.54) is 18.2 Å². The fourth-order valence-corrected chi connectivity index (χ4v) is 2.03. The van der Waals surface area contributed by atoms with Gasteiger partial charge in [-0.3, -0.25) is 4.79 Å². The minimum atomic E-state index is -0.411. The first-order valence-corrected chi connectivity index (χ1v) is 6.43. The summed E-state index contributed by atoms with van der Waals surface area (Å²) >= 11 is 2.01. The molecular formula is C14H8FIN2O. The highest BCUT2D eigenvalue weighted by Gasteiger charge is 2.07. The smallest absolute Gasteiger partial charge is 0.152 e. The molecule has 0 fully saturated rings. The Kier molecular flexibility index (Phi) is 4.12. The number of halogens is 2. The molecule has 19 heavy (non-hydrogen) atoms. The molecule has 2 aromatic rings. The topological polar surface area (TPSA) is 52.9 Å². The number of carbonyl (C=O) groups is 1. The lowest BCUT2D eigenvalue weighted by Crippen LogP contribution is -1.98. The van der Waals surface area contributed by atoms with Crippen LogP contribution in [0.25, 0.3) is 0 Å². The molecule has 0 aliphatic heterocycles. The van der Waals surface area contributed by atoms with Crippen molar-refractivity contribution in [2.75, 3.05) is 5.32 Å². The molecule has 0 atom stereocenters. The van der Waals surface area contributed by atoms with Gasteiger partial charge >= 0.3 is 0 Å². The van der Waals surface area contributed by atoms with Gasteiger partial charge in [-0.05, 0) is 59.0 Å². The van der Waals surface area contributed by atoms with Crippen LogP contribution in [0.5, 0.6) is 0 Å². The summed E-state index contributed by atoms with van der Waals surface area (Å²) in [5.41, 5.74) is 1.45. The summed E-state index contributed by atoms with van der Waals surface area (Å²) in [4.78, 5) is 10.9. The molecule has 94 valence electrons. The SMILES string of the molecule is N#Cc1ccc(C=O)c(Nc2ccc(I)cc2F)c1. The van der Waals surface area contributed by atoms with Crippen molar-refractivity contribution in [3.63, 3.8) is 0 Å². The van der Waals surface area contributed by atoms with E-state index in [1.807, 2.05) is 28.7 Å². The zero-order chi connectivity index (χ0) is 13.8. The van der Waals surface area contributed by atoms with E-state index in [9.17, 15) is 9.18 Å². The van der Waals surface area contributed by atoms with Gasteiger partial charge in [0.2, 0.25) is 0 Å². The second-order valence-corrected chi connectivity index (χ2v) is 5.03. The Balaban J connectivity index is 2.42. The summed E-state index contributed by atoms with van der Waals surface area (Å²) in [6.45, 7) is 0.